The minimum Gasteiger partial charge on any atom is -0.347 e. The van der Waals surface area contributed by atoms with Crippen molar-refractivity contribution in [3.05, 3.63) is 12.1 Å². The molecule has 1 rings (SSSR count). The third-order valence-corrected chi connectivity index (χ3v) is 3.92. The van der Waals surface area contributed by atoms with Gasteiger partial charge in [0.25, 0.3) is 0 Å². The summed E-state index contributed by atoms with van der Waals surface area (Å²) in [6.45, 7) is 4.92. The fraction of sp³-hybridized carbons (Fsp3) is 0.500. The van der Waals surface area contributed by atoms with Crippen LogP contribution in [0.4, 0.5) is 5.82 Å². The maximum absolute atomic E-state index is 12.0. The van der Waals surface area contributed by atoms with E-state index in [4.69, 9.17) is 0 Å². The minimum atomic E-state index is -0.847. The number of hydrogen-bond acceptors (Lipinski definition) is 6. The lowest BCUT2D eigenvalue weighted by Crippen LogP contribution is -2.36. The average Bonchev–Trinajstić information content (AvgIpc) is 2.45. The molecule has 1 aromatic heterocycles. The Hall–Kier alpha value is -1.96. The number of nitrogens with one attached hydrogen (secondary N) is 1. The molecule has 1 N–H and O–H groups in total. The van der Waals surface area contributed by atoms with Gasteiger partial charge in [0, 0.05) is 20.0 Å². The van der Waals surface area contributed by atoms with Gasteiger partial charge in [-0.05, 0) is 19.1 Å². The molecule has 1 atom stereocenters. The lowest BCUT2D eigenvalue weighted by atomic mass is 10.2. The molecule has 1 heterocycles. The number of nitrogens with zero attached hydrogens (tertiary/aromatic N) is 3. The van der Waals surface area contributed by atoms with Gasteiger partial charge in [0.2, 0.25) is 11.8 Å². The number of carbonyl (C=O) groups excluding carboxylic acids is 3. The van der Waals surface area contributed by atoms with E-state index in [9.17, 15) is 14.4 Å². The van der Waals surface area contributed by atoms with E-state index in [2.05, 4.69) is 15.5 Å². The van der Waals surface area contributed by atoms with Crippen LogP contribution in [0.25, 0.3) is 0 Å². The zero-order valence-electron chi connectivity index (χ0n) is 13.3. The Labute approximate surface area is 133 Å². The third-order valence-electron chi connectivity index (χ3n) is 2.69. The van der Waals surface area contributed by atoms with Gasteiger partial charge in [-0.25, -0.2) is 0 Å². The van der Waals surface area contributed by atoms with E-state index in [-0.39, 0.29) is 23.5 Å². The Morgan fingerprint density at radius 3 is 2.23 bits per heavy atom. The van der Waals surface area contributed by atoms with Crippen LogP contribution in [0.5, 0.6) is 0 Å². The van der Waals surface area contributed by atoms with Crippen molar-refractivity contribution in [2.45, 2.75) is 31.0 Å². The second-order valence-corrected chi connectivity index (χ2v) is 6.37. The van der Waals surface area contributed by atoms with Gasteiger partial charge in [0.15, 0.2) is 11.6 Å². The molecule has 0 spiro atoms. The molecule has 1 aromatic rings. The summed E-state index contributed by atoms with van der Waals surface area (Å²) in [6.07, 6.45) is 0. The monoisotopic (exact) mass is 324 g/mol. The Morgan fingerprint density at radius 1 is 1.18 bits per heavy atom. The fourth-order valence-corrected chi connectivity index (χ4v) is 2.34. The summed E-state index contributed by atoms with van der Waals surface area (Å²) in [4.78, 5) is 36.5. The van der Waals surface area contributed by atoms with E-state index in [1.165, 1.54) is 11.8 Å². The Kier molecular flexibility index (Phi) is 6.48. The number of hydrogen-bond donors (Lipinski definition) is 1. The van der Waals surface area contributed by atoms with Gasteiger partial charge in [-0.2, -0.15) is 0 Å². The first-order valence-electron chi connectivity index (χ1n) is 6.75. The predicted octanol–water partition coefficient (Wildman–Crippen LogP) is 1.21. The van der Waals surface area contributed by atoms with Gasteiger partial charge < -0.3 is 10.2 Å². The number of rotatable bonds is 6. The van der Waals surface area contributed by atoms with Gasteiger partial charge in [-0.15, -0.1) is 10.2 Å². The smallest absolute Gasteiger partial charge is 0.243 e. The topological polar surface area (TPSA) is 92.3 Å². The number of anilines is 1. The molecule has 1 unspecified atom stereocenters. The minimum absolute atomic E-state index is 0.154. The molecule has 0 bridgehead atoms. The maximum atomic E-state index is 12.0. The van der Waals surface area contributed by atoms with Crippen LogP contribution in [0.1, 0.15) is 20.8 Å². The summed E-state index contributed by atoms with van der Waals surface area (Å²) >= 11 is 1.04. The van der Waals surface area contributed by atoms with Gasteiger partial charge >= 0.3 is 0 Å². The van der Waals surface area contributed by atoms with E-state index in [1.807, 2.05) is 0 Å². The Balaban J connectivity index is 2.79. The maximum Gasteiger partial charge on any atom is 0.243 e. The van der Waals surface area contributed by atoms with Crippen molar-refractivity contribution >= 4 is 35.2 Å². The lowest BCUT2D eigenvalue weighted by molar-refractivity contribution is -0.132. The SMILES string of the molecule is CC(=O)C(Sc1ccc(NC(=O)C(C)C)nn1)C(=O)N(C)C. The molecule has 7 nitrogen and oxygen atoms in total. The van der Waals surface area contributed by atoms with Crippen LogP contribution in [0.15, 0.2) is 17.2 Å². The predicted molar refractivity (Wildman–Crippen MR) is 84.5 cm³/mol. The molecule has 0 saturated carbocycles. The van der Waals surface area contributed by atoms with E-state index in [0.717, 1.165) is 11.8 Å². The summed E-state index contributed by atoms with van der Waals surface area (Å²) < 4.78 is 0. The highest BCUT2D eigenvalue weighted by molar-refractivity contribution is 8.01. The Morgan fingerprint density at radius 2 is 1.82 bits per heavy atom. The van der Waals surface area contributed by atoms with Crippen molar-refractivity contribution < 1.29 is 14.4 Å². The van der Waals surface area contributed by atoms with Crippen molar-refractivity contribution in [2.75, 3.05) is 19.4 Å². The first-order chi connectivity index (χ1) is 10.2. The van der Waals surface area contributed by atoms with Crippen LogP contribution in [-0.4, -0.2) is 52.0 Å². The Bertz CT molecular complexity index is 558. The van der Waals surface area contributed by atoms with Crippen LogP contribution < -0.4 is 5.32 Å². The molecule has 0 aliphatic carbocycles. The van der Waals surface area contributed by atoms with Crippen LogP contribution in [0, 0.1) is 5.92 Å². The molecular weight excluding hydrogens is 304 g/mol. The van der Waals surface area contributed by atoms with Gasteiger partial charge in [0.1, 0.15) is 10.3 Å². The number of aromatic nitrogens is 2. The van der Waals surface area contributed by atoms with Crippen LogP contribution in [0.3, 0.4) is 0 Å². The molecular formula is C14H20N4O3S. The highest BCUT2D eigenvalue weighted by Gasteiger charge is 2.26. The van der Waals surface area contributed by atoms with Crippen LogP contribution in [0.2, 0.25) is 0 Å². The largest absolute Gasteiger partial charge is 0.347 e. The summed E-state index contributed by atoms with van der Waals surface area (Å²) in [7, 11) is 3.18. The van der Waals surface area contributed by atoms with Crippen molar-refractivity contribution in [3.8, 4) is 0 Å². The molecule has 120 valence electrons. The van der Waals surface area contributed by atoms with Gasteiger partial charge in [-0.1, -0.05) is 25.6 Å². The summed E-state index contributed by atoms with van der Waals surface area (Å²) in [5.41, 5.74) is 0. The van der Waals surface area contributed by atoms with Crippen LogP contribution >= 0.6 is 11.8 Å². The summed E-state index contributed by atoms with van der Waals surface area (Å²) in [5, 5.41) is 10.0. The highest BCUT2D eigenvalue weighted by Crippen LogP contribution is 2.23. The third kappa shape index (κ3) is 5.10. The molecule has 0 aliphatic rings. The number of amides is 2. The highest BCUT2D eigenvalue weighted by atomic mass is 32.2. The first kappa shape index (κ1) is 18.1. The first-order valence-corrected chi connectivity index (χ1v) is 7.63. The van der Waals surface area contributed by atoms with E-state index < -0.39 is 5.25 Å². The normalized spacial score (nSPS) is 11.9. The van der Waals surface area contributed by atoms with Crippen molar-refractivity contribution in [1.82, 2.24) is 15.1 Å². The standard InChI is InChI=1S/C14H20N4O3S/c1-8(2)13(20)15-10-6-7-11(17-16-10)22-12(9(3)19)14(21)18(4)5/h6-8,12H,1-5H3,(H,15,16,20). The van der Waals surface area contributed by atoms with Gasteiger partial charge in [0.05, 0.1) is 0 Å². The lowest BCUT2D eigenvalue weighted by Gasteiger charge is -2.17. The van der Waals surface area contributed by atoms with E-state index in [1.54, 1.807) is 40.1 Å². The molecule has 0 fully saturated rings. The van der Waals surface area contributed by atoms with Crippen molar-refractivity contribution in [2.24, 2.45) is 5.92 Å². The summed E-state index contributed by atoms with van der Waals surface area (Å²) in [5.74, 6) is -0.518. The van der Waals surface area contributed by atoms with E-state index in [0.29, 0.717) is 10.8 Å². The zero-order valence-corrected chi connectivity index (χ0v) is 14.1. The molecule has 8 heteroatoms. The average molecular weight is 324 g/mol. The molecule has 0 radical (unpaired) electrons. The summed E-state index contributed by atoms with van der Waals surface area (Å²) in [6, 6.07) is 3.21. The van der Waals surface area contributed by atoms with Gasteiger partial charge in [-0.3, -0.25) is 14.4 Å². The second kappa shape index (κ2) is 7.88. The van der Waals surface area contributed by atoms with Crippen LogP contribution in [-0.2, 0) is 14.4 Å². The number of Topliss-reactive ketones (excluding diaryl/α,β-unsaturated/α-hetero) is 1. The zero-order chi connectivity index (χ0) is 16.9. The molecule has 22 heavy (non-hydrogen) atoms. The number of thioether (sulfide) groups is 1. The number of carbonyl (C=O) groups is 3. The molecule has 0 aliphatic heterocycles. The van der Waals surface area contributed by atoms with Crippen molar-refractivity contribution in [1.29, 1.82) is 0 Å². The van der Waals surface area contributed by atoms with Crippen molar-refractivity contribution in [3.63, 3.8) is 0 Å². The number of ketones is 1. The van der Waals surface area contributed by atoms with E-state index >= 15 is 0 Å². The molecule has 2 amide bonds. The quantitative estimate of drug-likeness (QED) is 0.624. The molecule has 0 aromatic carbocycles. The fourth-order valence-electron chi connectivity index (χ4n) is 1.38. The second-order valence-electron chi connectivity index (χ2n) is 5.24. The molecule has 0 saturated heterocycles.